The van der Waals surface area contributed by atoms with Gasteiger partial charge in [0.05, 0.1) is 0 Å². The van der Waals surface area contributed by atoms with Crippen LogP contribution in [-0.4, -0.2) is 15.5 Å². The second-order valence-corrected chi connectivity index (χ2v) is 13.9. The van der Waals surface area contributed by atoms with Crippen molar-refractivity contribution in [2.75, 3.05) is 0 Å². The number of allylic oxidation sites excluding steroid dienone is 4. The Hall–Kier alpha value is -0.870. The summed E-state index contributed by atoms with van der Waals surface area (Å²) in [5.41, 5.74) is 5.95. The minimum absolute atomic E-state index is 0.204. The maximum Gasteiger partial charge on any atom is 0.0181 e. The molecule has 0 bridgehead atoms. The SMILES string of the molecule is CC1=CC(C)=C(c2ccccc2)C(C)(P(C(C)(C)C)C(C)(C)C)C1. The van der Waals surface area contributed by atoms with Crippen LogP contribution in [0.1, 0.15) is 74.3 Å². The maximum atomic E-state index is 2.54. The first-order valence-electron chi connectivity index (χ1n) is 9.12. The second kappa shape index (κ2) is 6.45. The molecular weight excluding hydrogens is 307 g/mol. The summed E-state index contributed by atoms with van der Waals surface area (Å²) < 4.78 is 0. The minimum Gasteiger partial charge on any atom is -0.0846 e. The lowest BCUT2D eigenvalue weighted by Gasteiger charge is -2.55. The predicted molar refractivity (Wildman–Crippen MR) is 112 cm³/mol. The van der Waals surface area contributed by atoms with Gasteiger partial charge in [-0.2, -0.15) is 0 Å². The maximum absolute atomic E-state index is 2.54. The third-order valence-corrected chi connectivity index (χ3v) is 8.97. The summed E-state index contributed by atoms with van der Waals surface area (Å²) in [6.07, 6.45) is 3.58. The fraction of sp³-hybridized carbons (Fsp3) is 0.565. The molecule has 1 unspecified atom stereocenters. The Kier molecular flexibility index (Phi) is 5.23. The molecule has 1 atom stereocenters. The Balaban J connectivity index is 2.75. The monoisotopic (exact) mass is 342 g/mol. The van der Waals surface area contributed by atoms with E-state index in [2.05, 4.69) is 98.7 Å². The van der Waals surface area contributed by atoms with Crippen LogP contribution < -0.4 is 0 Å². The molecular formula is C23H35P. The fourth-order valence-corrected chi connectivity index (χ4v) is 11.3. The Morgan fingerprint density at radius 1 is 0.875 bits per heavy atom. The van der Waals surface area contributed by atoms with Gasteiger partial charge in [-0.05, 0) is 47.3 Å². The van der Waals surface area contributed by atoms with Gasteiger partial charge in [0.2, 0.25) is 0 Å². The lowest BCUT2D eigenvalue weighted by Crippen LogP contribution is -2.41. The van der Waals surface area contributed by atoms with Crippen molar-refractivity contribution in [3.8, 4) is 0 Å². The smallest absolute Gasteiger partial charge is 0.0181 e. The van der Waals surface area contributed by atoms with Gasteiger partial charge in [0.1, 0.15) is 0 Å². The molecule has 0 aromatic heterocycles. The van der Waals surface area contributed by atoms with Gasteiger partial charge in [-0.1, -0.05) is 98.4 Å². The van der Waals surface area contributed by atoms with Crippen LogP contribution in [-0.2, 0) is 0 Å². The van der Waals surface area contributed by atoms with E-state index < -0.39 is 0 Å². The van der Waals surface area contributed by atoms with E-state index in [0.29, 0.717) is 10.3 Å². The Bertz CT molecular complexity index is 636. The molecule has 0 radical (unpaired) electrons. The Morgan fingerprint density at radius 3 is 1.83 bits per heavy atom. The molecule has 1 aromatic carbocycles. The van der Waals surface area contributed by atoms with Gasteiger partial charge >= 0.3 is 0 Å². The van der Waals surface area contributed by atoms with E-state index in [1.54, 1.807) is 5.57 Å². The third-order valence-electron chi connectivity index (χ3n) is 4.92. The van der Waals surface area contributed by atoms with Crippen molar-refractivity contribution in [1.82, 2.24) is 0 Å². The number of hydrogen-bond donors (Lipinski definition) is 0. The van der Waals surface area contributed by atoms with E-state index in [0.717, 1.165) is 0 Å². The first kappa shape index (κ1) is 19.5. The third kappa shape index (κ3) is 3.70. The van der Waals surface area contributed by atoms with E-state index in [4.69, 9.17) is 0 Å². The zero-order chi connectivity index (χ0) is 18.3. The highest BCUT2D eigenvalue weighted by Gasteiger charge is 2.50. The Labute approximate surface area is 151 Å². The van der Waals surface area contributed by atoms with Gasteiger partial charge in [0.15, 0.2) is 0 Å². The van der Waals surface area contributed by atoms with Crippen molar-refractivity contribution in [2.24, 2.45) is 0 Å². The van der Waals surface area contributed by atoms with Crippen molar-refractivity contribution >= 4 is 13.5 Å². The van der Waals surface area contributed by atoms with Crippen LogP contribution in [0.15, 0.2) is 47.6 Å². The van der Waals surface area contributed by atoms with Crippen LogP contribution >= 0.6 is 7.92 Å². The van der Waals surface area contributed by atoms with Crippen LogP contribution in [0.25, 0.3) is 5.57 Å². The van der Waals surface area contributed by atoms with Crippen LogP contribution in [0, 0.1) is 0 Å². The summed E-state index contributed by atoms with van der Waals surface area (Å²) in [4.78, 5) is 0. The molecule has 0 heterocycles. The largest absolute Gasteiger partial charge is 0.0846 e. The lowest BCUT2D eigenvalue weighted by atomic mass is 9.80. The van der Waals surface area contributed by atoms with Crippen molar-refractivity contribution in [2.45, 2.75) is 84.2 Å². The van der Waals surface area contributed by atoms with E-state index >= 15 is 0 Å². The topological polar surface area (TPSA) is 0 Å². The highest BCUT2D eigenvalue weighted by atomic mass is 31.1. The normalized spacial score (nSPS) is 22.8. The molecule has 0 aliphatic heterocycles. The van der Waals surface area contributed by atoms with Crippen molar-refractivity contribution in [3.63, 3.8) is 0 Å². The first-order chi connectivity index (χ1) is 10.9. The van der Waals surface area contributed by atoms with Crippen LogP contribution in [0.4, 0.5) is 0 Å². The van der Waals surface area contributed by atoms with Crippen molar-refractivity contribution in [1.29, 1.82) is 0 Å². The summed E-state index contributed by atoms with van der Waals surface area (Å²) in [7, 11) is -0.258. The Morgan fingerprint density at radius 2 is 1.38 bits per heavy atom. The highest BCUT2D eigenvalue weighted by molar-refractivity contribution is 7.63. The zero-order valence-electron chi connectivity index (χ0n) is 17.1. The number of hydrogen-bond acceptors (Lipinski definition) is 0. The summed E-state index contributed by atoms with van der Waals surface area (Å²) in [5.74, 6) is 0. The van der Waals surface area contributed by atoms with Gasteiger partial charge < -0.3 is 0 Å². The summed E-state index contributed by atoms with van der Waals surface area (Å²) in [6.45, 7) is 21.8. The molecule has 1 aromatic rings. The molecule has 0 fully saturated rings. The highest BCUT2D eigenvalue weighted by Crippen LogP contribution is 2.72. The standard InChI is InChI=1S/C23H35P/c1-17-15-18(2)20(19-13-11-10-12-14-19)23(9,16-17)24(21(3,4)5)22(6,7)8/h10-15H,16H2,1-9H3. The minimum atomic E-state index is -0.258. The average molecular weight is 343 g/mol. The van der Waals surface area contributed by atoms with Crippen LogP contribution in [0.5, 0.6) is 0 Å². The van der Waals surface area contributed by atoms with Gasteiger partial charge in [0.25, 0.3) is 0 Å². The van der Waals surface area contributed by atoms with Gasteiger partial charge in [-0.25, -0.2) is 0 Å². The molecule has 1 heteroatoms. The summed E-state index contributed by atoms with van der Waals surface area (Å²) in [6, 6.07) is 11.1. The van der Waals surface area contributed by atoms with Crippen molar-refractivity contribution < 1.29 is 0 Å². The molecule has 2 rings (SSSR count). The van der Waals surface area contributed by atoms with E-state index in [9.17, 15) is 0 Å². The van der Waals surface area contributed by atoms with E-state index in [-0.39, 0.29) is 13.1 Å². The average Bonchev–Trinajstić information content (AvgIpc) is 2.34. The van der Waals surface area contributed by atoms with Gasteiger partial charge in [0, 0.05) is 5.16 Å². The molecule has 0 amide bonds. The fourth-order valence-electron chi connectivity index (χ4n) is 5.37. The number of rotatable bonds is 2. The lowest BCUT2D eigenvalue weighted by molar-refractivity contribution is 0.643. The molecule has 1 aliphatic rings. The molecule has 0 saturated heterocycles. The van der Waals surface area contributed by atoms with E-state index in [1.165, 1.54) is 23.1 Å². The van der Waals surface area contributed by atoms with Gasteiger partial charge in [-0.3, -0.25) is 0 Å². The number of benzene rings is 1. The van der Waals surface area contributed by atoms with Crippen LogP contribution in [0.3, 0.4) is 0 Å². The predicted octanol–water partition coefficient (Wildman–Crippen LogP) is 7.65. The molecule has 1 aliphatic carbocycles. The molecule has 0 saturated carbocycles. The zero-order valence-corrected chi connectivity index (χ0v) is 18.0. The summed E-state index contributed by atoms with van der Waals surface area (Å²) >= 11 is 0. The van der Waals surface area contributed by atoms with Gasteiger partial charge in [-0.15, -0.1) is 0 Å². The quantitative estimate of drug-likeness (QED) is 0.484. The van der Waals surface area contributed by atoms with Crippen LogP contribution in [0.2, 0.25) is 0 Å². The summed E-state index contributed by atoms with van der Waals surface area (Å²) in [5, 5.41) is 0.816. The molecule has 0 nitrogen and oxygen atoms in total. The molecule has 24 heavy (non-hydrogen) atoms. The second-order valence-electron chi connectivity index (χ2n) is 9.54. The molecule has 132 valence electrons. The molecule has 0 N–H and O–H groups in total. The van der Waals surface area contributed by atoms with E-state index in [1.807, 2.05) is 0 Å². The first-order valence-corrected chi connectivity index (χ1v) is 10.5. The molecule has 0 spiro atoms. The van der Waals surface area contributed by atoms with Crippen molar-refractivity contribution in [3.05, 3.63) is 53.1 Å².